The average molecular weight is 286 g/mol. The number of nitrogens with one attached hydrogen (secondary N) is 1. The molecule has 1 fully saturated rings. The van der Waals surface area contributed by atoms with Crippen LogP contribution < -0.4 is 0 Å². The van der Waals surface area contributed by atoms with Gasteiger partial charge >= 0.3 is 0 Å². The maximum atomic E-state index is 12.6. The number of rotatable bonds is 3. The van der Waals surface area contributed by atoms with Crippen molar-refractivity contribution < 1.29 is 9.53 Å². The quantitative estimate of drug-likeness (QED) is 0.942. The van der Waals surface area contributed by atoms with E-state index in [-0.39, 0.29) is 12.0 Å². The number of carbonyl (C=O) groups excluding carboxylic acids is 1. The SMILES string of the molecule is CCO[C@H]1CCCN(C(=O)c2cc3ccc(C)cc3[nH]2)C1. The molecular weight excluding hydrogens is 264 g/mol. The Morgan fingerprint density at radius 3 is 3.10 bits per heavy atom. The third kappa shape index (κ3) is 2.95. The molecule has 4 nitrogen and oxygen atoms in total. The fourth-order valence-corrected chi connectivity index (χ4v) is 3.02. The summed E-state index contributed by atoms with van der Waals surface area (Å²) in [5, 5.41) is 1.09. The second-order valence-electron chi connectivity index (χ2n) is 5.74. The Morgan fingerprint density at radius 2 is 2.29 bits per heavy atom. The summed E-state index contributed by atoms with van der Waals surface area (Å²) in [6, 6.07) is 8.14. The van der Waals surface area contributed by atoms with Crippen molar-refractivity contribution in [2.75, 3.05) is 19.7 Å². The van der Waals surface area contributed by atoms with Crippen molar-refractivity contribution in [2.45, 2.75) is 32.8 Å². The summed E-state index contributed by atoms with van der Waals surface area (Å²) in [5.74, 6) is 0.0771. The molecule has 112 valence electrons. The second-order valence-corrected chi connectivity index (χ2v) is 5.74. The van der Waals surface area contributed by atoms with E-state index in [1.165, 1.54) is 5.56 Å². The summed E-state index contributed by atoms with van der Waals surface area (Å²) in [5.41, 5.74) is 2.89. The highest BCUT2D eigenvalue weighted by atomic mass is 16.5. The Balaban J connectivity index is 1.79. The molecule has 2 aromatic rings. The van der Waals surface area contributed by atoms with Crippen LogP contribution in [0.2, 0.25) is 0 Å². The Kier molecular flexibility index (Phi) is 3.97. The number of aromatic nitrogens is 1. The van der Waals surface area contributed by atoms with Crippen molar-refractivity contribution >= 4 is 16.8 Å². The number of likely N-dealkylation sites (tertiary alicyclic amines) is 1. The van der Waals surface area contributed by atoms with Gasteiger partial charge in [0, 0.05) is 30.6 Å². The van der Waals surface area contributed by atoms with Gasteiger partial charge < -0.3 is 14.6 Å². The minimum Gasteiger partial charge on any atom is -0.377 e. The number of benzene rings is 1. The smallest absolute Gasteiger partial charge is 0.270 e. The van der Waals surface area contributed by atoms with Crippen molar-refractivity contribution in [1.29, 1.82) is 0 Å². The summed E-state index contributed by atoms with van der Waals surface area (Å²) in [7, 11) is 0. The Bertz CT molecular complexity index is 645. The fourth-order valence-electron chi connectivity index (χ4n) is 3.02. The van der Waals surface area contributed by atoms with Gasteiger partial charge in [0.25, 0.3) is 5.91 Å². The van der Waals surface area contributed by atoms with Crippen LogP contribution in [0.3, 0.4) is 0 Å². The minimum atomic E-state index is 0.0771. The van der Waals surface area contributed by atoms with Gasteiger partial charge in [-0.25, -0.2) is 0 Å². The molecule has 0 bridgehead atoms. The van der Waals surface area contributed by atoms with Gasteiger partial charge in [-0.3, -0.25) is 4.79 Å². The molecule has 1 aliphatic rings. The standard InChI is InChI=1S/C17H22N2O2/c1-3-21-14-5-4-8-19(11-14)17(20)16-10-13-7-6-12(2)9-15(13)18-16/h6-7,9-10,14,18H,3-5,8,11H2,1-2H3/t14-/m0/s1. The first-order valence-electron chi connectivity index (χ1n) is 7.67. The van der Waals surface area contributed by atoms with E-state index in [2.05, 4.69) is 30.1 Å². The van der Waals surface area contributed by atoms with E-state index in [1.54, 1.807) is 0 Å². The Labute approximate surface area is 125 Å². The highest BCUT2D eigenvalue weighted by Crippen LogP contribution is 2.20. The summed E-state index contributed by atoms with van der Waals surface area (Å²) >= 11 is 0. The van der Waals surface area contributed by atoms with Crippen LogP contribution in [0.25, 0.3) is 10.9 Å². The predicted octanol–water partition coefficient (Wildman–Crippen LogP) is 3.12. The largest absolute Gasteiger partial charge is 0.377 e. The monoisotopic (exact) mass is 286 g/mol. The maximum absolute atomic E-state index is 12.6. The molecule has 1 N–H and O–H groups in total. The molecule has 1 atom stereocenters. The first kappa shape index (κ1) is 14.1. The van der Waals surface area contributed by atoms with Gasteiger partial charge in [0.05, 0.1) is 6.10 Å². The third-order valence-electron chi connectivity index (χ3n) is 4.08. The van der Waals surface area contributed by atoms with Crippen LogP contribution in [0.5, 0.6) is 0 Å². The maximum Gasteiger partial charge on any atom is 0.270 e. The van der Waals surface area contributed by atoms with Crippen molar-refractivity contribution in [2.24, 2.45) is 0 Å². The molecule has 0 saturated carbocycles. The number of amides is 1. The molecule has 1 saturated heterocycles. The molecule has 1 amide bonds. The zero-order valence-electron chi connectivity index (χ0n) is 12.7. The highest BCUT2D eigenvalue weighted by molar-refractivity contribution is 5.98. The molecule has 4 heteroatoms. The van der Waals surface area contributed by atoms with Gasteiger partial charge in [0.1, 0.15) is 5.69 Å². The van der Waals surface area contributed by atoms with Crippen LogP contribution in [0.15, 0.2) is 24.3 Å². The van der Waals surface area contributed by atoms with Crippen LogP contribution in [0.4, 0.5) is 0 Å². The topological polar surface area (TPSA) is 45.3 Å². The lowest BCUT2D eigenvalue weighted by Crippen LogP contribution is -2.43. The van der Waals surface area contributed by atoms with Crippen molar-refractivity contribution in [3.05, 3.63) is 35.5 Å². The number of aromatic amines is 1. The fraction of sp³-hybridized carbons (Fsp3) is 0.471. The van der Waals surface area contributed by atoms with E-state index in [0.29, 0.717) is 18.8 Å². The van der Waals surface area contributed by atoms with Gasteiger partial charge in [0.15, 0.2) is 0 Å². The highest BCUT2D eigenvalue weighted by Gasteiger charge is 2.25. The van der Waals surface area contributed by atoms with E-state index in [1.807, 2.05) is 17.9 Å². The molecule has 1 aromatic carbocycles. The molecular formula is C17H22N2O2. The molecule has 1 aromatic heterocycles. The van der Waals surface area contributed by atoms with E-state index in [4.69, 9.17) is 4.74 Å². The van der Waals surface area contributed by atoms with Gasteiger partial charge in [0.2, 0.25) is 0 Å². The number of aryl methyl sites for hydroxylation is 1. The summed E-state index contributed by atoms with van der Waals surface area (Å²) in [6.45, 7) is 6.27. The molecule has 21 heavy (non-hydrogen) atoms. The number of hydrogen-bond acceptors (Lipinski definition) is 2. The van der Waals surface area contributed by atoms with E-state index >= 15 is 0 Å². The lowest BCUT2D eigenvalue weighted by atomic mass is 10.1. The molecule has 0 aliphatic carbocycles. The number of fused-ring (bicyclic) bond motifs is 1. The van der Waals surface area contributed by atoms with Gasteiger partial charge in [-0.1, -0.05) is 12.1 Å². The van der Waals surface area contributed by atoms with E-state index in [0.717, 1.165) is 30.3 Å². The lowest BCUT2D eigenvalue weighted by Gasteiger charge is -2.32. The van der Waals surface area contributed by atoms with Crippen molar-refractivity contribution in [1.82, 2.24) is 9.88 Å². The molecule has 0 spiro atoms. The zero-order valence-corrected chi connectivity index (χ0v) is 12.7. The summed E-state index contributed by atoms with van der Waals surface area (Å²) in [4.78, 5) is 17.8. The van der Waals surface area contributed by atoms with Crippen molar-refractivity contribution in [3.8, 4) is 0 Å². The molecule has 1 aliphatic heterocycles. The van der Waals surface area contributed by atoms with Crippen LogP contribution in [0.1, 0.15) is 35.8 Å². The van der Waals surface area contributed by atoms with Crippen molar-refractivity contribution in [3.63, 3.8) is 0 Å². The van der Waals surface area contributed by atoms with Crippen LogP contribution >= 0.6 is 0 Å². The second kappa shape index (κ2) is 5.90. The predicted molar refractivity (Wildman–Crippen MR) is 83.6 cm³/mol. The number of carbonyl (C=O) groups is 1. The third-order valence-corrected chi connectivity index (χ3v) is 4.08. The normalized spacial score (nSPS) is 19.1. The van der Waals surface area contributed by atoms with Crippen LogP contribution in [-0.4, -0.2) is 41.6 Å². The Morgan fingerprint density at radius 1 is 1.43 bits per heavy atom. The number of ether oxygens (including phenoxy) is 1. The summed E-state index contributed by atoms with van der Waals surface area (Å²) in [6.07, 6.45) is 2.23. The number of H-pyrrole nitrogens is 1. The van der Waals surface area contributed by atoms with Gasteiger partial charge in [-0.2, -0.15) is 0 Å². The lowest BCUT2D eigenvalue weighted by molar-refractivity contribution is 0.00707. The molecule has 2 heterocycles. The number of piperidine rings is 1. The van der Waals surface area contributed by atoms with Gasteiger partial charge in [-0.15, -0.1) is 0 Å². The average Bonchev–Trinajstić information content (AvgIpc) is 2.90. The van der Waals surface area contributed by atoms with Crippen LogP contribution in [0, 0.1) is 6.92 Å². The number of nitrogens with zero attached hydrogens (tertiary/aromatic N) is 1. The molecule has 0 unspecified atom stereocenters. The summed E-state index contributed by atoms with van der Waals surface area (Å²) < 4.78 is 5.67. The number of hydrogen-bond donors (Lipinski definition) is 1. The van der Waals surface area contributed by atoms with Gasteiger partial charge in [-0.05, 0) is 44.4 Å². The molecule has 3 rings (SSSR count). The van der Waals surface area contributed by atoms with E-state index < -0.39 is 0 Å². The first-order valence-corrected chi connectivity index (χ1v) is 7.67. The minimum absolute atomic E-state index is 0.0771. The molecule has 0 radical (unpaired) electrons. The first-order chi connectivity index (χ1) is 10.2. The Hall–Kier alpha value is -1.81. The van der Waals surface area contributed by atoms with E-state index in [9.17, 15) is 4.79 Å². The zero-order chi connectivity index (χ0) is 14.8. The van der Waals surface area contributed by atoms with Crippen LogP contribution in [-0.2, 0) is 4.74 Å².